The van der Waals surface area contributed by atoms with Crippen molar-refractivity contribution in [1.29, 1.82) is 0 Å². The summed E-state index contributed by atoms with van der Waals surface area (Å²) < 4.78 is 5.86. The maximum absolute atomic E-state index is 5.86. The number of rotatable bonds is 4. The highest BCUT2D eigenvalue weighted by Crippen LogP contribution is 2.52. The number of hydrogen-bond acceptors (Lipinski definition) is 4. The highest BCUT2D eigenvalue weighted by atomic mass is 127. The molecule has 5 nitrogen and oxygen atoms in total. The first kappa shape index (κ1) is 19.9. The molecule has 0 aromatic carbocycles. The molecule has 1 aromatic heterocycles. The third-order valence-electron chi connectivity index (χ3n) is 5.26. The van der Waals surface area contributed by atoms with E-state index in [0.29, 0.717) is 18.1 Å². The summed E-state index contributed by atoms with van der Waals surface area (Å²) in [4.78, 5) is 10.2. The van der Waals surface area contributed by atoms with Crippen LogP contribution in [-0.4, -0.2) is 43.3 Å². The second kappa shape index (κ2) is 7.86. The smallest absolute Gasteiger partial charge is 0.191 e. The standard InChI is InChI=1S/C17H28N4OS.HI/c1-10-13(23-11(2)20-10)6-8-19-16(18-5)21-14-12-7-9-22-15(12)17(14,3)4;/h12,14-15H,6-9H2,1-5H3,(H2,18,19,21);1H. The van der Waals surface area contributed by atoms with Crippen LogP contribution >= 0.6 is 35.3 Å². The van der Waals surface area contributed by atoms with E-state index in [4.69, 9.17) is 4.74 Å². The molecule has 1 aliphatic heterocycles. The second-order valence-corrected chi connectivity index (χ2v) is 8.47. The predicted molar refractivity (Wildman–Crippen MR) is 111 cm³/mol. The summed E-state index contributed by atoms with van der Waals surface area (Å²) in [5, 5.41) is 8.21. The number of guanidine groups is 1. The molecule has 24 heavy (non-hydrogen) atoms. The third kappa shape index (κ3) is 3.72. The van der Waals surface area contributed by atoms with Crippen molar-refractivity contribution >= 4 is 41.3 Å². The van der Waals surface area contributed by atoms with Crippen molar-refractivity contribution in [2.75, 3.05) is 20.2 Å². The van der Waals surface area contributed by atoms with Crippen LogP contribution in [0.5, 0.6) is 0 Å². The Hall–Kier alpha value is -0.410. The molecule has 3 atom stereocenters. The van der Waals surface area contributed by atoms with Gasteiger partial charge in [0.05, 0.1) is 16.8 Å². The van der Waals surface area contributed by atoms with Gasteiger partial charge in [-0.1, -0.05) is 13.8 Å². The fourth-order valence-corrected chi connectivity index (χ4v) is 5.00. The highest BCUT2D eigenvalue weighted by molar-refractivity contribution is 14.0. The Labute approximate surface area is 166 Å². The van der Waals surface area contributed by atoms with E-state index in [-0.39, 0.29) is 29.4 Å². The monoisotopic (exact) mass is 464 g/mol. The number of fused-ring (bicyclic) bond motifs is 1. The van der Waals surface area contributed by atoms with Crippen molar-refractivity contribution < 1.29 is 4.74 Å². The van der Waals surface area contributed by atoms with E-state index in [1.165, 1.54) is 4.88 Å². The molecule has 1 saturated carbocycles. The molecule has 2 fully saturated rings. The van der Waals surface area contributed by atoms with E-state index in [0.717, 1.165) is 42.7 Å². The van der Waals surface area contributed by atoms with Gasteiger partial charge in [0.1, 0.15) is 0 Å². The minimum atomic E-state index is 0. The molecule has 0 radical (unpaired) electrons. The van der Waals surface area contributed by atoms with Gasteiger partial charge in [-0.3, -0.25) is 4.99 Å². The molecule has 7 heteroatoms. The van der Waals surface area contributed by atoms with Crippen LogP contribution in [0, 0.1) is 25.2 Å². The summed E-state index contributed by atoms with van der Waals surface area (Å²) in [6.07, 6.45) is 2.55. The number of aryl methyl sites for hydroxylation is 2. The Kier molecular flexibility index (Phi) is 6.52. The number of halogens is 1. The SMILES string of the molecule is CN=C(NCCc1sc(C)nc1C)NC1C2CCOC2C1(C)C.I. The summed E-state index contributed by atoms with van der Waals surface area (Å²) in [6, 6.07) is 0.439. The first-order valence-corrected chi connectivity index (χ1v) is 9.27. The van der Waals surface area contributed by atoms with Gasteiger partial charge in [0.15, 0.2) is 5.96 Å². The highest BCUT2D eigenvalue weighted by Gasteiger charge is 2.59. The number of ether oxygens (including phenoxy) is 1. The predicted octanol–water partition coefficient (Wildman–Crippen LogP) is 2.90. The average molecular weight is 464 g/mol. The van der Waals surface area contributed by atoms with Gasteiger partial charge in [0, 0.05) is 48.9 Å². The van der Waals surface area contributed by atoms with E-state index in [1.807, 2.05) is 7.05 Å². The summed E-state index contributed by atoms with van der Waals surface area (Å²) in [5.74, 6) is 1.52. The van der Waals surface area contributed by atoms with Crippen molar-refractivity contribution in [2.45, 2.75) is 52.7 Å². The van der Waals surface area contributed by atoms with Crippen LogP contribution in [0.4, 0.5) is 0 Å². The Morgan fingerprint density at radius 3 is 2.79 bits per heavy atom. The number of aromatic nitrogens is 1. The molecule has 1 aromatic rings. The van der Waals surface area contributed by atoms with Gasteiger partial charge >= 0.3 is 0 Å². The Balaban J connectivity index is 0.00000208. The largest absolute Gasteiger partial charge is 0.377 e. The van der Waals surface area contributed by atoms with Crippen molar-refractivity contribution in [1.82, 2.24) is 15.6 Å². The van der Waals surface area contributed by atoms with Crippen LogP contribution in [0.2, 0.25) is 0 Å². The van der Waals surface area contributed by atoms with Gasteiger partial charge in [-0.2, -0.15) is 0 Å². The fraction of sp³-hybridized carbons (Fsp3) is 0.765. The summed E-state index contributed by atoms with van der Waals surface area (Å²) in [6.45, 7) is 10.5. The van der Waals surface area contributed by atoms with E-state index in [9.17, 15) is 0 Å². The zero-order valence-corrected chi connectivity index (χ0v) is 18.3. The number of thiazole rings is 1. The van der Waals surface area contributed by atoms with E-state index >= 15 is 0 Å². The minimum absolute atomic E-state index is 0. The molecule has 1 aliphatic carbocycles. The lowest BCUT2D eigenvalue weighted by atomic mass is 9.57. The number of hydrogen-bond donors (Lipinski definition) is 2. The summed E-state index contributed by atoms with van der Waals surface area (Å²) >= 11 is 1.79. The molecule has 3 unspecified atom stereocenters. The first-order chi connectivity index (χ1) is 10.9. The number of aliphatic imine (C=N–C) groups is 1. The summed E-state index contributed by atoms with van der Waals surface area (Å²) in [5.41, 5.74) is 1.33. The molecule has 3 rings (SSSR count). The zero-order valence-electron chi connectivity index (χ0n) is 15.2. The van der Waals surface area contributed by atoms with Gasteiger partial charge in [-0.15, -0.1) is 35.3 Å². The van der Waals surface area contributed by atoms with Crippen LogP contribution in [-0.2, 0) is 11.2 Å². The number of nitrogens with one attached hydrogen (secondary N) is 2. The van der Waals surface area contributed by atoms with Crippen LogP contribution in [0.25, 0.3) is 0 Å². The van der Waals surface area contributed by atoms with Gasteiger partial charge in [-0.25, -0.2) is 4.98 Å². The Morgan fingerprint density at radius 2 is 2.17 bits per heavy atom. The molecular formula is C17H29IN4OS. The lowest BCUT2D eigenvalue weighted by Gasteiger charge is -2.54. The van der Waals surface area contributed by atoms with E-state index in [1.54, 1.807) is 11.3 Å². The first-order valence-electron chi connectivity index (χ1n) is 8.45. The molecule has 136 valence electrons. The molecule has 2 heterocycles. The lowest BCUT2D eigenvalue weighted by Crippen LogP contribution is -2.68. The Bertz CT molecular complexity index is 601. The topological polar surface area (TPSA) is 58.5 Å². The van der Waals surface area contributed by atoms with Crippen molar-refractivity contribution in [3.05, 3.63) is 15.6 Å². The quantitative estimate of drug-likeness (QED) is 0.409. The van der Waals surface area contributed by atoms with Gasteiger partial charge in [-0.05, 0) is 20.3 Å². The maximum atomic E-state index is 5.86. The molecule has 0 bridgehead atoms. The van der Waals surface area contributed by atoms with Gasteiger partial charge in [0.25, 0.3) is 0 Å². The van der Waals surface area contributed by atoms with Gasteiger partial charge < -0.3 is 15.4 Å². The van der Waals surface area contributed by atoms with Crippen molar-refractivity contribution in [3.8, 4) is 0 Å². The fourth-order valence-electron chi connectivity index (χ4n) is 4.06. The molecule has 0 amide bonds. The Morgan fingerprint density at radius 1 is 1.42 bits per heavy atom. The zero-order chi connectivity index (χ0) is 16.6. The van der Waals surface area contributed by atoms with Gasteiger partial charge in [0.2, 0.25) is 0 Å². The van der Waals surface area contributed by atoms with Crippen molar-refractivity contribution in [3.63, 3.8) is 0 Å². The molecule has 2 aliphatic rings. The van der Waals surface area contributed by atoms with Crippen LogP contribution in [0.1, 0.15) is 35.8 Å². The van der Waals surface area contributed by atoms with Crippen LogP contribution in [0.3, 0.4) is 0 Å². The second-order valence-electron chi connectivity index (χ2n) is 7.18. The van der Waals surface area contributed by atoms with E-state index in [2.05, 4.69) is 48.3 Å². The maximum Gasteiger partial charge on any atom is 0.191 e. The van der Waals surface area contributed by atoms with Crippen LogP contribution in [0.15, 0.2) is 4.99 Å². The average Bonchev–Trinajstić information content (AvgIpc) is 3.08. The molecule has 1 saturated heterocycles. The molecular weight excluding hydrogens is 435 g/mol. The summed E-state index contributed by atoms with van der Waals surface area (Å²) in [7, 11) is 1.84. The molecule has 0 spiro atoms. The van der Waals surface area contributed by atoms with E-state index < -0.39 is 0 Å². The normalized spacial score (nSPS) is 27.9. The number of nitrogens with zero attached hydrogens (tertiary/aromatic N) is 2. The third-order valence-corrected chi connectivity index (χ3v) is 6.39. The minimum Gasteiger partial charge on any atom is -0.377 e. The van der Waals surface area contributed by atoms with Crippen molar-refractivity contribution in [2.24, 2.45) is 16.3 Å². The molecule has 2 N–H and O–H groups in total. The van der Waals surface area contributed by atoms with Crippen LogP contribution < -0.4 is 10.6 Å². The lowest BCUT2D eigenvalue weighted by molar-refractivity contribution is -0.106.